The van der Waals surface area contributed by atoms with E-state index in [1.165, 1.54) is 0 Å². The molecule has 25 heavy (non-hydrogen) atoms. The van der Waals surface area contributed by atoms with E-state index < -0.39 is 9.84 Å². The number of sulfone groups is 1. The van der Waals surface area contributed by atoms with Gasteiger partial charge in [0.25, 0.3) is 0 Å². The Morgan fingerprint density at radius 3 is 2.72 bits per heavy atom. The highest BCUT2D eigenvalue weighted by Gasteiger charge is 2.31. The molecule has 1 unspecified atom stereocenters. The van der Waals surface area contributed by atoms with Crippen molar-refractivity contribution in [3.8, 4) is 0 Å². The lowest BCUT2D eigenvalue weighted by molar-refractivity contribution is -0.128. The van der Waals surface area contributed by atoms with Crippen LogP contribution in [0.4, 0.5) is 5.69 Å². The molecule has 1 aromatic heterocycles. The predicted octanol–water partition coefficient (Wildman–Crippen LogP) is 0.811. The smallest absolute Gasteiger partial charge is 0.226 e. The van der Waals surface area contributed by atoms with E-state index in [9.17, 15) is 18.0 Å². The van der Waals surface area contributed by atoms with E-state index in [-0.39, 0.29) is 35.8 Å². The van der Waals surface area contributed by atoms with Gasteiger partial charge in [0.05, 0.1) is 34.6 Å². The van der Waals surface area contributed by atoms with Gasteiger partial charge in [-0.2, -0.15) is 5.10 Å². The SMILES string of the molecule is Cc1nn(C2CCS(=O)(=O)C2)c(C)c1NC(=O)CCN1CCCC1=O. The summed E-state index contributed by atoms with van der Waals surface area (Å²) in [5.41, 5.74) is 2.08. The molecule has 8 nitrogen and oxygen atoms in total. The molecule has 2 saturated heterocycles. The molecular formula is C16H24N4O4S. The molecule has 0 aromatic carbocycles. The van der Waals surface area contributed by atoms with Crippen molar-refractivity contribution in [2.24, 2.45) is 0 Å². The molecule has 2 aliphatic rings. The number of nitrogens with one attached hydrogen (secondary N) is 1. The lowest BCUT2D eigenvalue weighted by atomic mass is 10.2. The first-order valence-electron chi connectivity index (χ1n) is 8.60. The van der Waals surface area contributed by atoms with Gasteiger partial charge in [-0.3, -0.25) is 14.3 Å². The van der Waals surface area contributed by atoms with Crippen LogP contribution in [-0.2, 0) is 19.4 Å². The summed E-state index contributed by atoms with van der Waals surface area (Å²) in [5, 5.41) is 7.31. The van der Waals surface area contributed by atoms with E-state index in [0.29, 0.717) is 30.8 Å². The van der Waals surface area contributed by atoms with Gasteiger partial charge in [0.1, 0.15) is 0 Å². The van der Waals surface area contributed by atoms with Crippen LogP contribution in [0.1, 0.15) is 43.1 Å². The Labute approximate surface area is 147 Å². The van der Waals surface area contributed by atoms with E-state index in [4.69, 9.17) is 0 Å². The molecular weight excluding hydrogens is 344 g/mol. The number of rotatable bonds is 5. The van der Waals surface area contributed by atoms with E-state index in [0.717, 1.165) is 18.7 Å². The summed E-state index contributed by atoms with van der Waals surface area (Å²) in [6, 6.07) is -0.170. The van der Waals surface area contributed by atoms with Crippen LogP contribution in [0, 0.1) is 13.8 Å². The number of hydrogen-bond donors (Lipinski definition) is 1. The third-order valence-corrected chi connectivity index (χ3v) is 6.67. The average Bonchev–Trinajstić information content (AvgIpc) is 3.19. The number of carbonyl (C=O) groups excluding carboxylic acids is 2. The third kappa shape index (κ3) is 3.86. The summed E-state index contributed by atoms with van der Waals surface area (Å²) >= 11 is 0. The topological polar surface area (TPSA) is 101 Å². The molecule has 0 aliphatic carbocycles. The number of amides is 2. The molecule has 0 bridgehead atoms. The minimum absolute atomic E-state index is 0.0966. The first-order chi connectivity index (χ1) is 11.8. The normalized spacial score (nSPS) is 22.6. The minimum atomic E-state index is -3.00. The summed E-state index contributed by atoms with van der Waals surface area (Å²) in [7, 11) is -3.00. The highest BCUT2D eigenvalue weighted by molar-refractivity contribution is 7.91. The Balaban J connectivity index is 1.64. The van der Waals surface area contributed by atoms with Crippen LogP contribution in [0.15, 0.2) is 0 Å². The van der Waals surface area contributed by atoms with Crippen molar-refractivity contribution in [2.45, 2.75) is 45.6 Å². The van der Waals surface area contributed by atoms with E-state index in [2.05, 4.69) is 10.4 Å². The Morgan fingerprint density at radius 2 is 2.12 bits per heavy atom. The van der Waals surface area contributed by atoms with Gasteiger partial charge in [-0.05, 0) is 26.7 Å². The number of hydrogen-bond acceptors (Lipinski definition) is 5. The lowest BCUT2D eigenvalue weighted by Gasteiger charge is -2.15. The Bertz CT molecular complexity index is 799. The van der Waals surface area contributed by atoms with E-state index in [1.807, 2.05) is 6.92 Å². The highest BCUT2D eigenvalue weighted by Crippen LogP contribution is 2.29. The molecule has 0 spiro atoms. The van der Waals surface area contributed by atoms with Crippen LogP contribution in [-0.4, -0.2) is 59.5 Å². The largest absolute Gasteiger partial charge is 0.342 e. The van der Waals surface area contributed by atoms with Gasteiger partial charge in [-0.25, -0.2) is 8.42 Å². The quantitative estimate of drug-likeness (QED) is 0.829. The second-order valence-electron chi connectivity index (χ2n) is 6.83. The third-order valence-electron chi connectivity index (χ3n) is 4.92. The van der Waals surface area contributed by atoms with Crippen molar-refractivity contribution in [2.75, 3.05) is 29.9 Å². The van der Waals surface area contributed by atoms with Gasteiger partial charge in [-0.15, -0.1) is 0 Å². The van der Waals surface area contributed by atoms with Crippen LogP contribution >= 0.6 is 0 Å². The fourth-order valence-electron chi connectivity index (χ4n) is 3.55. The molecule has 3 heterocycles. The molecule has 9 heteroatoms. The number of nitrogens with zero attached hydrogens (tertiary/aromatic N) is 3. The number of aromatic nitrogens is 2. The van der Waals surface area contributed by atoms with Gasteiger partial charge in [-0.1, -0.05) is 0 Å². The van der Waals surface area contributed by atoms with Crippen LogP contribution in [0.2, 0.25) is 0 Å². The molecule has 0 radical (unpaired) electrons. The maximum atomic E-state index is 12.2. The monoisotopic (exact) mass is 368 g/mol. The van der Waals surface area contributed by atoms with E-state index >= 15 is 0 Å². The second-order valence-corrected chi connectivity index (χ2v) is 9.06. The standard InChI is InChI=1S/C16H24N4O4S/c1-11-16(17-14(21)5-8-19-7-3-4-15(19)22)12(2)20(18-11)13-6-9-25(23,24)10-13/h13H,3-10H2,1-2H3,(H,17,21). The molecule has 1 N–H and O–H groups in total. The minimum Gasteiger partial charge on any atom is -0.342 e. The molecule has 1 aromatic rings. The molecule has 2 aliphatic heterocycles. The Kier molecular flexibility index (Phi) is 4.86. The van der Waals surface area contributed by atoms with Crippen molar-refractivity contribution in [1.82, 2.24) is 14.7 Å². The summed E-state index contributed by atoms with van der Waals surface area (Å²) in [6.45, 7) is 4.78. The number of aryl methyl sites for hydroxylation is 1. The van der Waals surface area contributed by atoms with Gasteiger partial charge in [0.2, 0.25) is 11.8 Å². The fraction of sp³-hybridized carbons (Fsp3) is 0.688. The van der Waals surface area contributed by atoms with Gasteiger partial charge in [0.15, 0.2) is 9.84 Å². The lowest BCUT2D eigenvalue weighted by Crippen LogP contribution is -2.28. The van der Waals surface area contributed by atoms with Crippen molar-refractivity contribution < 1.29 is 18.0 Å². The van der Waals surface area contributed by atoms with E-state index in [1.54, 1.807) is 16.5 Å². The van der Waals surface area contributed by atoms with Gasteiger partial charge >= 0.3 is 0 Å². The zero-order chi connectivity index (χ0) is 18.2. The van der Waals surface area contributed by atoms with Crippen LogP contribution in [0.3, 0.4) is 0 Å². The van der Waals surface area contributed by atoms with Crippen molar-refractivity contribution in [1.29, 1.82) is 0 Å². The number of anilines is 1. The summed E-state index contributed by atoms with van der Waals surface area (Å²) < 4.78 is 25.1. The first-order valence-corrected chi connectivity index (χ1v) is 10.4. The first kappa shape index (κ1) is 17.9. The molecule has 2 fully saturated rings. The zero-order valence-electron chi connectivity index (χ0n) is 14.6. The average molecular weight is 368 g/mol. The maximum absolute atomic E-state index is 12.2. The predicted molar refractivity (Wildman–Crippen MR) is 93.1 cm³/mol. The molecule has 0 saturated carbocycles. The van der Waals surface area contributed by atoms with Crippen LogP contribution in [0.5, 0.6) is 0 Å². The molecule has 138 valence electrons. The summed E-state index contributed by atoms with van der Waals surface area (Å²) in [6.07, 6.45) is 2.22. The zero-order valence-corrected chi connectivity index (χ0v) is 15.4. The molecule has 2 amide bonds. The van der Waals surface area contributed by atoms with Gasteiger partial charge in [0, 0.05) is 25.9 Å². The van der Waals surface area contributed by atoms with Gasteiger partial charge < -0.3 is 10.2 Å². The van der Waals surface area contributed by atoms with Crippen LogP contribution in [0.25, 0.3) is 0 Å². The number of carbonyl (C=O) groups is 2. The fourth-order valence-corrected chi connectivity index (χ4v) is 5.24. The summed E-state index contributed by atoms with van der Waals surface area (Å²) in [5.74, 6) is 0.223. The Morgan fingerprint density at radius 1 is 1.36 bits per heavy atom. The Hall–Kier alpha value is -1.90. The van der Waals surface area contributed by atoms with Crippen LogP contribution < -0.4 is 5.32 Å². The second kappa shape index (κ2) is 6.78. The maximum Gasteiger partial charge on any atom is 0.226 e. The van der Waals surface area contributed by atoms with Crippen molar-refractivity contribution >= 4 is 27.3 Å². The van der Waals surface area contributed by atoms with Crippen molar-refractivity contribution in [3.63, 3.8) is 0 Å². The molecule has 3 rings (SSSR count). The highest BCUT2D eigenvalue weighted by atomic mass is 32.2. The number of likely N-dealkylation sites (tertiary alicyclic amines) is 1. The van der Waals surface area contributed by atoms with Crippen molar-refractivity contribution in [3.05, 3.63) is 11.4 Å². The molecule has 1 atom stereocenters. The summed E-state index contributed by atoms with van der Waals surface area (Å²) in [4.78, 5) is 25.5.